The van der Waals surface area contributed by atoms with Crippen molar-refractivity contribution in [1.82, 2.24) is 19.5 Å². The monoisotopic (exact) mass is 605 g/mol. The van der Waals surface area contributed by atoms with Crippen LogP contribution >= 0.6 is 7.82 Å². The van der Waals surface area contributed by atoms with Crippen molar-refractivity contribution in [2.45, 2.75) is 72.5 Å². The van der Waals surface area contributed by atoms with E-state index in [2.05, 4.69) is 15.0 Å². The number of imidazole rings is 1. The summed E-state index contributed by atoms with van der Waals surface area (Å²) in [5.74, 6) is 0.216. The van der Waals surface area contributed by atoms with E-state index in [1.54, 1.807) is 38.6 Å². The first-order valence-corrected chi connectivity index (χ1v) is 14.4. The number of hydrogen-bond donors (Lipinski definition) is 1. The first kappa shape index (κ1) is 32.3. The molecule has 1 saturated heterocycles. The minimum absolute atomic E-state index is 0.0162. The number of ether oxygens (including phenoxy) is 6. The number of nitrogens with two attached hydrogens (primary N) is 1. The third kappa shape index (κ3) is 9.39. The second-order valence-corrected chi connectivity index (χ2v) is 11.0. The van der Waals surface area contributed by atoms with Crippen LogP contribution in [0.25, 0.3) is 11.2 Å². The van der Waals surface area contributed by atoms with Gasteiger partial charge < -0.3 is 34.2 Å². The first-order valence-electron chi connectivity index (χ1n) is 12.9. The number of hydrogen-bond acceptors (Lipinski definition) is 16. The summed E-state index contributed by atoms with van der Waals surface area (Å²) < 4.78 is 61.3. The molecule has 1 aliphatic heterocycles. The Hall–Kier alpha value is -3.24. The van der Waals surface area contributed by atoms with Crippen LogP contribution in [0.3, 0.4) is 0 Å². The van der Waals surface area contributed by atoms with Crippen molar-refractivity contribution in [3.05, 3.63) is 6.33 Å². The van der Waals surface area contributed by atoms with E-state index >= 15 is 0 Å². The van der Waals surface area contributed by atoms with Crippen molar-refractivity contribution in [2.75, 3.05) is 32.5 Å². The molecular formula is C23H36N5O12P. The lowest BCUT2D eigenvalue weighted by Gasteiger charge is -2.20. The maximum atomic E-state index is 13.2. The van der Waals surface area contributed by atoms with Crippen LogP contribution in [-0.4, -0.2) is 76.9 Å². The van der Waals surface area contributed by atoms with Gasteiger partial charge in [-0.3, -0.25) is 9.09 Å². The Balaban J connectivity index is 1.65. The molecule has 0 aromatic carbocycles. The number of fused-ring (bicyclic) bond motifs is 1. The fourth-order valence-electron chi connectivity index (χ4n) is 3.71. The standard InChI is InChI=1S/C23H36N5O12P/c1-7-32-19-17-18(26-21(24)27-19)28(10-25-17)20-15(6)8-16(40-20)9-35-41(31,36-11-33-22(29)38-13(2)3)37-12-34-23(30)39-14(4)5/h10,13-16,20H,7-9,11-12H2,1-6H3,(H2,24,26,27)/t15-,16-,20+/m0/s1. The van der Waals surface area contributed by atoms with Gasteiger partial charge in [-0.1, -0.05) is 6.92 Å². The molecule has 0 bridgehead atoms. The third-order valence-corrected chi connectivity index (χ3v) is 6.58. The number of aromatic nitrogens is 4. The minimum atomic E-state index is -4.43. The summed E-state index contributed by atoms with van der Waals surface area (Å²) in [6, 6.07) is 0. The topological polar surface area (TPSA) is 204 Å². The van der Waals surface area contributed by atoms with Gasteiger partial charge in [0, 0.05) is 5.92 Å². The van der Waals surface area contributed by atoms with Crippen molar-refractivity contribution in [3.8, 4) is 5.88 Å². The van der Waals surface area contributed by atoms with E-state index in [1.165, 1.54) is 0 Å². The lowest BCUT2D eigenvalue weighted by Crippen LogP contribution is -2.19. The minimum Gasteiger partial charge on any atom is -0.476 e. The Labute approximate surface area is 236 Å². The Morgan fingerprint density at radius 1 is 1.07 bits per heavy atom. The van der Waals surface area contributed by atoms with Gasteiger partial charge in [0.25, 0.3) is 0 Å². The van der Waals surface area contributed by atoms with Crippen LogP contribution in [0.5, 0.6) is 5.88 Å². The number of rotatable bonds is 14. The van der Waals surface area contributed by atoms with Crippen LogP contribution in [0.1, 0.15) is 54.2 Å². The van der Waals surface area contributed by atoms with Gasteiger partial charge in [-0.15, -0.1) is 0 Å². The van der Waals surface area contributed by atoms with Crippen LogP contribution in [0, 0.1) is 5.92 Å². The van der Waals surface area contributed by atoms with Crippen LogP contribution in [0.2, 0.25) is 0 Å². The van der Waals surface area contributed by atoms with Crippen molar-refractivity contribution in [3.63, 3.8) is 0 Å². The van der Waals surface area contributed by atoms with E-state index in [1.807, 2.05) is 13.8 Å². The highest BCUT2D eigenvalue weighted by atomic mass is 31.2. The molecule has 3 heterocycles. The normalized spacial score (nSPS) is 19.1. The fraction of sp³-hybridized carbons (Fsp3) is 0.696. The van der Waals surface area contributed by atoms with Gasteiger partial charge in [0.15, 0.2) is 11.2 Å². The molecule has 3 rings (SSSR count). The Kier molecular flexibility index (Phi) is 11.5. The van der Waals surface area contributed by atoms with E-state index in [0.29, 0.717) is 24.2 Å². The smallest absolute Gasteiger partial charge is 0.476 e. The highest BCUT2D eigenvalue weighted by Crippen LogP contribution is 2.50. The van der Waals surface area contributed by atoms with Gasteiger partial charge in [0.05, 0.1) is 37.9 Å². The molecule has 0 saturated carbocycles. The van der Waals surface area contributed by atoms with Crippen LogP contribution in [-0.2, 0) is 41.8 Å². The summed E-state index contributed by atoms with van der Waals surface area (Å²) in [6.45, 7) is 8.70. The van der Waals surface area contributed by atoms with E-state index < -0.39 is 58.3 Å². The van der Waals surface area contributed by atoms with Crippen molar-refractivity contribution >= 4 is 37.2 Å². The summed E-state index contributed by atoms with van der Waals surface area (Å²) in [5.41, 5.74) is 6.71. The van der Waals surface area contributed by atoms with E-state index in [4.69, 9.17) is 47.7 Å². The van der Waals surface area contributed by atoms with Crippen LogP contribution in [0.15, 0.2) is 6.33 Å². The Morgan fingerprint density at radius 3 is 2.24 bits per heavy atom. The SMILES string of the molecule is CCOc1nc(N)nc2c1ncn2[C@@H]1O[C@H](COP(=O)(OCOC(=O)OC(C)C)OCOC(=O)OC(C)C)C[C@@H]1C. The van der Waals surface area contributed by atoms with Crippen LogP contribution < -0.4 is 10.5 Å². The Morgan fingerprint density at radius 2 is 1.68 bits per heavy atom. The van der Waals surface area contributed by atoms with Gasteiger partial charge in [0.2, 0.25) is 25.4 Å². The zero-order valence-corrected chi connectivity index (χ0v) is 24.6. The summed E-state index contributed by atoms with van der Waals surface area (Å²) in [5, 5.41) is 0. The molecule has 3 atom stereocenters. The average Bonchev–Trinajstić information content (AvgIpc) is 3.45. The maximum Gasteiger partial charge on any atom is 0.510 e. The summed E-state index contributed by atoms with van der Waals surface area (Å²) in [4.78, 5) is 36.0. The predicted octanol–water partition coefficient (Wildman–Crippen LogP) is 3.93. The first-order chi connectivity index (χ1) is 19.4. The molecule has 2 aromatic rings. The largest absolute Gasteiger partial charge is 0.510 e. The molecule has 230 valence electrons. The van der Waals surface area contributed by atoms with Gasteiger partial charge in [0.1, 0.15) is 6.23 Å². The lowest BCUT2D eigenvalue weighted by atomic mass is 10.1. The molecule has 1 aliphatic rings. The summed E-state index contributed by atoms with van der Waals surface area (Å²) >= 11 is 0. The molecule has 17 nitrogen and oxygen atoms in total. The number of phosphoric ester groups is 1. The number of phosphoric acid groups is 1. The number of carbonyl (C=O) groups excluding carboxylic acids is 2. The second-order valence-electron chi connectivity index (χ2n) is 9.36. The maximum absolute atomic E-state index is 13.2. The molecule has 0 radical (unpaired) electrons. The van der Waals surface area contributed by atoms with Crippen molar-refractivity contribution < 1.29 is 56.1 Å². The van der Waals surface area contributed by atoms with Gasteiger partial charge >= 0.3 is 20.1 Å². The van der Waals surface area contributed by atoms with Gasteiger partial charge in [-0.2, -0.15) is 9.97 Å². The predicted molar refractivity (Wildman–Crippen MR) is 139 cm³/mol. The molecule has 0 unspecified atom stereocenters. The zero-order valence-electron chi connectivity index (χ0n) is 23.7. The molecule has 1 fully saturated rings. The van der Waals surface area contributed by atoms with E-state index in [-0.39, 0.29) is 24.4 Å². The van der Waals surface area contributed by atoms with Crippen molar-refractivity contribution in [2.24, 2.45) is 5.92 Å². The molecule has 2 aromatic heterocycles. The quantitative estimate of drug-likeness (QED) is 0.184. The zero-order chi connectivity index (χ0) is 30.2. The average molecular weight is 606 g/mol. The fourth-order valence-corrected chi connectivity index (χ4v) is 4.65. The molecule has 0 amide bonds. The van der Waals surface area contributed by atoms with Crippen molar-refractivity contribution in [1.29, 1.82) is 0 Å². The number of anilines is 1. The molecule has 0 aliphatic carbocycles. The highest BCUT2D eigenvalue weighted by Gasteiger charge is 2.38. The lowest BCUT2D eigenvalue weighted by molar-refractivity contribution is -0.0596. The summed E-state index contributed by atoms with van der Waals surface area (Å²) in [6.07, 6.45) is -2.07. The van der Waals surface area contributed by atoms with Crippen LogP contribution in [0.4, 0.5) is 15.5 Å². The van der Waals surface area contributed by atoms with E-state index in [0.717, 1.165) is 0 Å². The van der Waals surface area contributed by atoms with Gasteiger partial charge in [-0.05, 0) is 41.0 Å². The molecule has 41 heavy (non-hydrogen) atoms. The number of carbonyl (C=O) groups is 2. The third-order valence-electron chi connectivity index (χ3n) is 5.27. The van der Waals surface area contributed by atoms with Gasteiger partial charge in [-0.25, -0.2) is 28.2 Å². The number of nitrogen functional groups attached to an aromatic ring is 1. The number of nitrogens with zero attached hydrogens (tertiary/aromatic N) is 4. The second kappa shape index (κ2) is 14.6. The molecule has 2 N–H and O–H groups in total. The summed E-state index contributed by atoms with van der Waals surface area (Å²) in [7, 11) is -4.43. The Bertz CT molecular complexity index is 1190. The molecule has 0 spiro atoms. The molecule has 18 heteroatoms. The molecular weight excluding hydrogens is 569 g/mol. The van der Waals surface area contributed by atoms with E-state index in [9.17, 15) is 14.2 Å². The highest BCUT2D eigenvalue weighted by molar-refractivity contribution is 7.48.